The van der Waals surface area contributed by atoms with Gasteiger partial charge in [0.1, 0.15) is 0 Å². The van der Waals surface area contributed by atoms with Gasteiger partial charge in [0.15, 0.2) is 5.82 Å². The van der Waals surface area contributed by atoms with E-state index in [1.807, 2.05) is 24.0 Å². The van der Waals surface area contributed by atoms with Crippen LogP contribution in [0, 0.1) is 12.8 Å². The van der Waals surface area contributed by atoms with E-state index in [0.717, 1.165) is 50.3 Å². The smallest absolute Gasteiger partial charge is 0.222 e. The lowest BCUT2D eigenvalue weighted by Crippen LogP contribution is -2.46. The summed E-state index contributed by atoms with van der Waals surface area (Å²) in [6.45, 7) is 3.60. The minimum atomic E-state index is 0. The standard InChI is InChI=1S/C18H29N5O.2ClH/c1-13-6-7-17(21-20-13)22(2)15-8-10-23(11-9-15)18(24)12-14-4-3-5-16(14)19;;/h6-7,14-16H,3-5,8-12,19H2,1-2H3;2*1H/t14-,16+;;/m0../s1. The number of hydrogen-bond donors (Lipinski definition) is 1. The number of hydrogen-bond acceptors (Lipinski definition) is 5. The first-order valence-corrected chi connectivity index (χ1v) is 9.11. The van der Waals surface area contributed by atoms with Gasteiger partial charge in [-0.05, 0) is 50.7 Å². The Morgan fingerprint density at radius 3 is 2.42 bits per heavy atom. The maximum atomic E-state index is 12.5. The Morgan fingerprint density at radius 2 is 1.88 bits per heavy atom. The number of carbonyl (C=O) groups excluding carboxylic acids is 1. The summed E-state index contributed by atoms with van der Waals surface area (Å²) in [6, 6.07) is 4.64. The van der Waals surface area contributed by atoms with Gasteiger partial charge in [0.2, 0.25) is 5.91 Å². The summed E-state index contributed by atoms with van der Waals surface area (Å²) in [7, 11) is 2.07. The summed E-state index contributed by atoms with van der Waals surface area (Å²) in [5.74, 6) is 1.58. The minimum absolute atomic E-state index is 0. The SMILES string of the molecule is Cc1ccc(N(C)C2CCN(C(=O)C[C@@H]3CCC[C@H]3N)CC2)nn1.Cl.Cl. The van der Waals surface area contributed by atoms with Crippen LogP contribution in [-0.4, -0.2) is 53.2 Å². The van der Waals surface area contributed by atoms with Crippen molar-refractivity contribution < 1.29 is 4.79 Å². The van der Waals surface area contributed by atoms with Crippen LogP contribution in [0.3, 0.4) is 0 Å². The molecule has 1 aromatic rings. The minimum Gasteiger partial charge on any atom is -0.355 e. The normalized spacial score (nSPS) is 23.1. The lowest BCUT2D eigenvalue weighted by Gasteiger charge is -2.37. The van der Waals surface area contributed by atoms with Gasteiger partial charge in [-0.25, -0.2) is 0 Å². The van der Waals surface area contributed by atoms with E-state index in [9.17, 15) is 4.79 Å². The molecule has 0 unspecified atom stereocenters. The Bertz CT molecular complexity index is 563. The first-order chi connectivity index (χ1) is 11.5. The molecule has 1 aromatic heterocycles. The molecule has 3 rings (SSSR count). The topological polar surface area (TPSA) is 75.3 Å². The van der Waals surface area contributed by atoms with Gasteiger partial charge in [-0.3, -0.25) is 4.79 Å². The van der Waals surface area contributed by atoms with Gasteiger partial charge in [0.05, 0.1) is 5.69 Å². The maximum Gasteiger partial charge on any atom is 0.222 e. The maximum absolute atomic E-state index is 12.5. The van der Waals surface area contributed by atoms with Crippen LogP contribution in [0.4, 0.5) is 5.82 Å². The summed E-state index contributed by atoms with van der Waals surface area (Å²) in [5, 5.41) is 8.40. The van der Waals surface area contributed by atoms with Crippen molar-refractivity contribution in [2.45, 2.75) is 57.5 Å². The molecule has 2 heterocycles. The molecule has 0 aromatic carbocycles. The number of rotatable bonds is 4. The molecule has 1 saturated carbocycles. The fourth-order valence-electron chi connectivity index (χ4n) is 3.94. The van der Waals surface area contributed by atoms with Crippen LogP contribution in [0.5, 0.6) is 0 Å². The second-order valence-electron chi connectivity index (χ2n) is 7.31. The fraction of sp³-hybridized carbons (Fsp3) is 0.722. The molecule has 0 bridgehead atoms. The quantitative estimate of drug-likeness (QED) is 0.835. The monoisotopic (exact) mass is 403 g/mol. The molecule has 2 fully saturated rings. The average Bonchev–Trinajstić information content (AvgIpc) is 3.00. The molecule has 1 aliphatic heterocycles. The van der Waals surface area contributed by atoms with Crippen molar-refractivity contribution in [3.63, 3.8) is 0 Å². The summed E-state index contributed by atoms with van der Waals surface area (Å²) >= 11 is 0. The van der Waals surface area contributed by atoms with Crippen LogP contribution in [-0.2, 0) is 4.79 Å². The summed E-state index contributed by atoms with van der Waals surface area (Å²) in [6.07, 6.45) is 5.94. The van der Waals surface area contributed by atoms with Crippen LogP contribution in [0.15, 0.2) is 12.1 Å². The van der Waals surface area contributed by atoms with Gasteiger partial charge in [0, 0.05) is 38.6 Å². The Morgan fingerprint density at radius 1 is 1.19 bits per heavy atom. The highest BCUT2D eigenvalue weighted by molar-refractivity contribution is 5.85. The van der Waals surface area contributed by atoms with E-state index >= 15 is 0 Å². The van der Waals surface area contributed by atoms with E-state index < -0.39 is 0 Å². The highest BCUT2D eigenvalue weighted by atomic mass is 35.5. The Hall–Kier alpha value is -1.11. The molecular formula is C18H31Cl2N5O. The van der Waals surface area contributed by atoms with Crippen molar-refractivity contribution in [1.82, 2.24) is 15.1 Å². The van der Waals surface area contributed by atoms with Crippen molar-refractivity contribution in [3.8, 4) is 0 Å². The molecular weight excluding hydrogens is 373 g/mol. The van der Waals surface area contributed by atoms with Gasteiger partial charge in [0.25, 0.3) is 0 Å². The van der Waals surface area contributed by atoms with E-state index in [0.29, 0.717) is 18.4 Å². The molecule has 0 spiro atoms. The van der Waals surface area contributed by atoms with Crippen molar-refractivity contribution in [2.75, 3.05) is 25.0 Å². The Kier molecular flexibility index (Phi) is 9.07. The first kappa shape index (κ1) is 22.9. The van der Waals surface area contributed by atoms with E-state index in [-0.39, 0.29) is 36.8 Å². The number of likely N-dealkylation sites (tertiary alicyclic amines) is 1. The summed E-state index contributed by atoms with van der Waals surface area (Å²) in [5.41, 5.74) is 7.03. The van der Waals surface area contributed by atoms with Crippen molar-refractivity contribution in [1.29, 1.82) is 0 Å². The number of carbonyl (C=O) groups is 1. The highest BCUT2D eigenvalue weighted by Crippen LogP contribution is 2.28. The number of aromatic nitrogens is 2. The molecule has 26 heavy (non-hydrogen) atoms. The van der Waals surface area contributed by atoms with Crippen LogP contribution in [0.1, 0.15) is 44.2 Å². The third-order valence-corrected chi connectivity index (χ3v) is 5.66. The number of nitrogens with two attached hydrogens (primary N) is 1. The third-order valence-electron chi connectivity index (χ3n) is 5.66. The predicted molar refractivity (Wildman–Crippen MR) is 109 cm³/mol. The largest absolute Gasteiger partial charge is 0.355 e. The van der Waals surface area contributed by atoms with E-state index in [4.69, 9.17) is 5.73 Å². The van der Waals surface area contributed by atoms with Gasteiger partial charge < -0.3 is 15.5 Å². The zero-order chi connectivity index (χ0) is 17.1. The highest BCUT2D eigenvalue weighted by Gasteiger charge is 2.30. The van der Waals surface area contributed by atoms with Crippen molar-refractivity contribution in [2.24, 2.45) is 11.7 Å². The van der Waals surface area contributed by atoms with Gasteiger partial charge in [-0.1, -0.05) is 6.42 Å². The van der Waals surface area contributed by atoms with Crippen molar-refractivity contribution in [3.05, 3.63) is 17.8 Å². The predicted octanol–water partition coefficient (Wildman–Crippen LogP) is 2.57. The number of nitrogens with zero attached hydrogens (tertiary/aromatic N) is 4. The molecule has 2 N–H and O–H groups in total. The molecule has 2 atom stereocenters. The van der Waals surface area contributed by atoms with E-state index in [1.165, 1.54) is 6.42 Å². The summed E-state index contributed by atoms with van der Waals surface area (Å²) < 4.78 is 0. The van der Waals surface area contributed by atoms with Crippen LogP contribution < -0.4 is 10.6 Å². The zero-order valence-corrected chi connectivity index (χ0v) is 17.3. The molecule has 8 heteroatoms. The molecule has 1 aliphatic carbocycles. The third kappa shape index (κ3) is 5.44. The fourth-order valence-corrected chi connectivity index (χ4v) is 3.94. The average molecular weight is 404 g/mol. The summed E-state index contributed by atoms with van der Waals surface area (Å²) in [4.78, 5) is 16.7. The number of amides is 1. The number of aryl methyl sites for hydroxylation is 1. The molecule has 0 radical (unpaired) electrons. The Balaban J connectivity index is 0.00000169. The molecule has 2 aliphatic rings. The van der Waals surface area contributed by atoms with Gasteiger partial charge in [-0.2, -0.15) is 5.10 Å². The van der Waals surface area contributed by atoms with E-state index in [2.05, 4.69) is 22.1 Å². The first-order valence-electron chi connectivity index (χ1n) is 9.11. The van der Waals surface area contributed by atoms with Crippen LogP contribution in [0.25, 0.3) is 0 Å². The molecule has 1 saturated heterocycles. The van der Waals surface area contributed by atoms with Crippen LogP contribution in [0.2, 0.25) is 0 Å². The Labute approximate surface area is 168 Å². The number of halogens is 2. The second kappa shape index (κ2) is 10.3. The lowest BCUT2D eigenvalue weighted by molar-refractivity contribution is -0.133. The number of piperidine rings is 1. The van der Waals surface area contributed by atoms with Crippen LogP contribution >= 0.6 is 24.8 Å². The van der Waals surface area contributed by atoms with E-state index in [1.54, 1.807) is 0 Å². The molecule has 148 valence electrons. The molecule has 6 nitrogen and oxygen atoms in total. The van der Waals surface area contributed by atoms with Gasteiger partial charge >= 0.3 is 0 Å². The zero-order valence-electron chi connectivity index (χ0n) is 15.6. The van der Waals surface area contributed by atoms with Gasteiger partial charge in [-0.15, -0.1) is 29.9 Å². The lowest BCUT2D eigenvalue weighted by atomic mass is 9.97. The number of anilines is 1. The van der Waals surface area contributed by atoms with Crippen molar-refractivity contribution >= 4 is 36.5 Å². The second-order valence-corrected chi connectivity index (χ2v) is 7.31. The molecule has 1 amide bonds.